The fourth-order valence-electron chi connectivity index (χ4n) is 12.0. The first-order valence-corrected chi connectivity index (χ1v) is 39.0. The number of aliphatic hydroxyl groups excluding tert-OH is 10. The van der Waals surface area contributed by atoms with Gasteiger partial charge in [0.15, 0.2) is 18.7 Å². The maximum Gasteiger partial charge on any atom is 0.472 e. The Labute approximate surface area is 584 Å². The van der Waals surface area contributed by atoms with E-state index >= 15 is 0 Å². The first-order valence-electron chi connectivity index (χ1n) is 37.5. The van der Waals surface area contributed by atoms with Crippen LogP contribution in [0.4, 0.5) is 0 Å². The molecule has 0 spiro atoms. The largest absolute Gasteiger partial charge is 0.472 e. The number of hydrogen-bond donors (Lipinski definition) is 11. The zero-order valence-electron chi connectivity index (χ0n) is 59.3. The zero-order valence-corrected chi connectivity index (χ0v) is 60.2. The van der Waals surface area contributed by atoms with E-state index in [1.165, 1.54) is 115 Å². The highest BCUT2D eigenvalue weighted by atomic mass is 31.2. The zero-order chi connectivity index (χ0) is 71.8. The van der Waals surface area contributed by atoms with Crippen LogP contribution in [-0.4, -0.2) is 204 Å². The van der Waals surface area contributed by atoms with Crippen LogP contribution in [0.1, 0.15) is 265 Å². The third-order valence-corrected chi connectivity index (χ3v) is 19.1. The van der Waals surface area contributed by atoms with E-state index in [9.17, 15) is 74.9 Å². The van der Waals surface area contributed by atoms with Crippen molar-refractivity contribution < 1.29 is 117 Å². The van der Waals surface area contributed by atoms with Crippen LogP contribution in [0, 0.1) is 0 Å². The Balaban J connectivity index is 1.76. The second kappa shape index (κ2) is 54.6. The molecule has 2 heterocycles. The standard InChI is InChI=1S/C73H129O24P/c1-4-7-10-13-16-19-22-25-27-30-32-35-38-41-44-47-57(75)89-51-54(92-59(77)49-46-43-40-37-34-29-24-21-18-15-12-9-6-3)52-91-98(87,88)97-71-69(95-72-67(85)62(80)60(78)55(50-74)93-72)65(83)64(82)66(84)70(71)96-73-68(86)63(81)61(79)56(94-73)53-90-58(76)48-45-42-39-36-33-31-28-26-23-20-17-14-11-8-5-2/h19,22,29,34,39,42,45,48,54-56,60-74,78-86H,4-18,20-21,23-28,30-33,35-38,40-41,43-44,46-47,49-53H2,1-3H3,(H,87,88)/b22-19-,34-29-,42-39+,48-45+. The Morgan fingerprint density at radius 1 is 0.418 bits per heavy atom. The Bertz CT molecular complexity index is 2220. The van der Waals surface area contributed by atoms with Crippen molar-refractivity contribution in [2.45, 2.75) is 369 Å². The van der Waals surface area contributed by atoms with E-state index in [1.54, 1.807) is 6.08 Å². The van der Waals surface area contributed by atoms with Crippen LogP contribution in [0.3, 0.4) is 0 Å². The summed E-state index contributed by atoms with van der Waals surface area (Å²) in [5.41, 5.74) is 0. The molecule has 3 fully saturated rings. The molecular weight excluding hydrogens is 1290 g/mol. The minimum absolute atomic E-state index is 0.0328. The lowest BCUT2D eigenvalue weighted by Crippen LogP contribution is -2.69. The van der Waals surface area contributed by atoms with Crippen molar-refractivity contribution in [1.82, 2.24) is 0 Å². The van der Waals surface area contributed by atoms with Gasteiger partial charge in [-0.25, -0.2) is 9.36 Å². The highest BCUT2D eigenvalue weighted by Gasteiger charge is 2.58. The van der Waals surface area contributed by atoms with Gasteiger partial charge < -0.3 is 89.1 Å². The second-order valence-corrected chi connectivity index (χ2v) is 28.1. The smallest absolute Gasteiger partial charge is 0.462 e. The monoisotopic (exact) mass is 1420 g/mol. The summed E-state index contributed by atoms with van der Waals surface area (Å²) < 4.78 is 64.7. The Morgan fingerprint density at radius 2 is 0.796 bits per heavy atom. The van der Waals surface area contributed by atoms with Crippen molar-refractivity contribution in [3.63, 3.8) is 0 Å². The molecule has 0 aromatic heterocycles. The van der Waals surface area contributed by atoms with Gasteiger partial charge in [-0.2, -0.15) is 0 Å². The fraction of sp³-hybridized carbons (Fsp3) is 0.849. The number of unbranched alkanes of at least 4 members (excludes halogenated alkanes) is 31. The second-order valence-electron chi connectivity index (χ2n) is 26.7. The van der Waals surface area contributed by atoms with Gasteiger partial charge in [0.25, 0.3) is 0 Å². The molecule has 0 aromatic carbocycles. The Hall–Kier alpha value is -3.08. The molecule has 18 unspecified atom stereocenters. The molecule has 98 heavy (non-hydrogen) atoms. The van der Waals surface area contributed by atoms with Crippen LogP contribution in [0.2, 0.25) is 0 Å². The SMILES string of the molecule is CCCCCC/C=C\CCCCCCCCCC(=O)OCC(COP(=O)(O)OC1C(OC2OC(CO)C(O)C(O)C2O)C(O)C(O)C(O)C1OC1OC(COC(=O)/C=C/C=C/CCCCCCCCCCCCC)C(O)C(O)C1O)OC(=O)CCCCC/C=C\CCCCCCCC. The average Bonchev–Trinajstić information content (AvgIpc) is 0.763. The van der Waals surface area contributed by atoms with E-state index in [4.69, 9.17) is 42.2 Å². The summed E-state index contributed by atoms with van der Waals surface area (Å²) in [5, 5.41) is 110. The minimum Gasteiger partial charge on any atom is -0.462 e. The molecular formula is C73H129O24P. The number of carbonyl (C=O) groups is 3. The van der Waals surface area contributed by atoms with Gasteiger partial charge in [0.1, 0.15) is 98.7 Å². The van der Waals surface area contributed by atoms with Gasteiger partial charge >= 0.3 is 25.7 Å². The maximum atomic E-state index is 14.3. The number of phosphoric acid groups is 1. The van der Waals surface area contributed by atoms with Gasteiger partial charge in [-0.05, 0) is 77.0 Å². The van der Waals surface area contributed by atoms with E-state index in [0.717, 1.165) is 109 Å². The molecule has 1 saturated carbocycles. The Morgan fingerprint density at radius 3 is 1.26 bits per heavy atom. The number of rotatable bonds is 57. The summed E-state index contributed by atoms with van der Waals surface area (Å²) >= 11 is 0. The molecule has 0 amide bonds. The molecule has 0 radical (unpaired) electrons. The predicted octanol–water partition coefficient (Wildman–Crippen LogP) is 10.1. The van der Waals surface area contributed by atoms with Crippen molar-refractivity contribution in [1.29, 1.82) is 0 Å². The highest BCUT2D eigenvalue weighted by molar-refractivity contribution is 7.47. The lowest BCUT2D eigenvalue weighted by atomic mass is 9.84. The summed E-state index contributed by atoms with van der Waals surface area (Å²) in [6, 6.07) is 0. The molecule has 11 N–H and O–H groups in total. The molecule has 1 aliphatic carbocycles. The number of allylic oxidation sites excluding steroid dienone is 7. The molecule has 570 valence electrons. The van der Waals surface area contributed by atoms with E-state index in [2.05, 4.69) is 45.1 Å². The third kappa shape index (κ3) is 37.4. The molecule has 2 saturated heterocycles. The third-order valence-electron chi connectivity index (χ3n) is 18.2. The predicted molar refractivity (Wildman–Crippen MR) is 370 cm³/mol. The quantitative estimate of drug-likeness (QED) is 0.00513. The number of aliphatic hydroxyl groups is 10. The van der Waals surface area contributed by atoms with E-state index < -0.39 is 156 Å². The van der Waals surface area contributed by atoms with Crippen molar-refractivity contribution in [2.24, 2.45) is 0 Å². The average molecular weight is 1420 g/mol. The Kier molecular flexibility index (Phi) is 49.6. The van der Waals surface area contributed by atoms with Gasteiger partial charge in [0, 0.05) is 18.9 Å². The molecule has 3 aliphatic rings. The number of ether oxygens (including phenoxy) is 7. The topological polar surface area (TPSA) is 374 Å². The number of hydrogen-bond acceptors (Lipinski definition) is 23. The number of carbonyl (C=O) groups excluding carboxylic acids is 3. The van der Waals surface area contributed by atoms with E-state index in [1.807, 2.05) is 6.08 Å². The van der Waals surface area contributed by atoms with Crippen LogP contribution >= 0.6 is 7.82 Å². The van der Waals surface area contributed by atoms with Crippen molar-refractivity contribution >= 4 is 25.7 Å². The molecule has 25 heteroatoms. The fourth-order valence-corrected chi connectivity index (χ4v) is 13.0. The van der Waals surface area contributed by atoms with Gasteiger partial charge in [-0.15, -0.1) is 0 Å². The number of esters is 3. The first-order chi connectivity index (χ1) is 47.3. The van der Waals surface area contributed by atoms with Crippen LogP contribution in [-0.2, 0) is 61.2 Å². The minimum atomic E-state index is -5.71. The summed E-state index contributed by atoms with van der Waals surface area (Å²) in [7, 11) is -5.71. The van der Waals surface area contributed by atoms with Crippen molar-refractivity contribution in [3.8, 4) is 0 Å². The van der Waals surface area contributed by atoms with E-state index in [0.29, 0.717) is 19.3 Å². The highest BCUT2D eigenvalue weighted by Crippen LogP contribution is 2.49. The molecule has 2 aliphatic heterocycles. The van der Waals surface area contributed by atoms with Gasteiger partial charge in [0.05, 0.1) is 13.2 Å². The van der Waals surface area contributed by atoms with Crippen LogP contribution < -0.4 is 0 Å². The lowest BCUT2D eigenvalue weighted by Gasteiger charge is -2.49. The van der Waals surface area contributed by atoms with E-state index in [-0.39, 0.29) is 12.8 Å². The molecule has 0 bridgehead atoms. The van der Waals surface area contributed by atoms with Crippen molar-refractivity contribution in [2.75, 3.05) is 26.4 Å². The van der Waals surface area contributed by atoms with Crippen LogP contribution in [0.25, 0.3) is 0 Å². The molecule has 24 nitrogen and oxygen atoms in total. The van der Waals surface area contributed by atoms with Crippen LogP contribution in [0.15, 0.2) is 48.6 Å². The summed E-state index contributed by atoms with van der Waals surface area (Å²) in [6.45, 7) is 3.30. The summed E-state index contributed by atoms with van der Waals surface area (Å²) in [5.74, 6) is -2.25. The number of phosphoric ester groups is 1. The first kappa shape index (κ1) is 89.1. The normalized spacial score (nSPS) is 27.9. The summed E-state index contributed by atoms with van der Waals surface area (Å²) in [4.78, 5) is 50.8. The van der Waals surface area contributed by atoms with Gasteiger partial charge in [0.2, 0.25) is 0 Å². The van der Waals surface area contributed by atoms with Gasteiger partial charge in [-0.1, -0.05) is 217 Å². The molecule has 0 aromatic rings. The molecule has 3 rings (SSSR count). The van der Waals surface area contributed by atoms with Crippen molar-refractivity contribution in [3.05, 3.63) is 48.6 Å². The lowest BCUT2D eigenvalue weighted by molar-refractivity contribution is -0.360. The van der Waals surface area contributed by atoms with Crippen LogP contribution in [0.5, 0.6) is 0 Å². The van der Waals surface area contributed by atoms with Gasteiger partial charge in [-0.3, -0.25) is 18.6 Å². The maximum absolute atomic E-state index is 14.3. The summed E-state index contributed by atoms with van der Waals surface area (Å²) in [6.07, 6.45) is 18.2. The molecule has 18 atom stereocenters.